The van der Waals surface area contributed by atoms with Crippen LogP contribution in [0.15, 0.2) is 95.8 Å². The number of hydrogen-bond donors (Lipinski definition) is 1. The van der Waals surface area contributed by atoms with Gasteiger partial charge in [-0.2, -0.15) is 0 Å². The first-order chi connectivity index (χ1) is 16.5. The van der Waals surface area contributed by atoms with Gasteiger partial charge < -0.3 is 9.72 Å². The van der Waals surface area contributed by atoms with Gasteiger partial charge in [0.05, 0.1) is 30.8 Å². The lowest BCUT2D eigenvalue weighted by Gasteiger charge is -2.08. The Balaban J connectivity index is 1.28. The molecule has 0 saturated heterocycles. The molecule has 5 aromatic rings. The second kappa shape index (κ2) is 9.90. The standard InChI is InChI=1S/C28H22Cl2N2O2/c29-24-10-3-19(4-11-24)16-32-27-14-9-23(15-26(27)31-28(32)33)22-7-1-20(2-8-22)17-34-18-21-5-12-25(30)13-6-21/h1-15H,16-18H2,(H,31,33). The average molecular weight is 489 g/mol. The highest BCUT2D eigenvalue weighted by Gasteiger charge is 2.09. The molecular formula is C28H22Cl2N2O2. The summed E-state index contributed by atoms with van der Waals surface area (Å²) < 4.78 is 7.57. The third kappa shape index (κ3) is 5.10. The highest BCUT2D eigenvalue weighted by molar-refractivity contribution is 6.30. The van der Waals surface area contributed by atoms with Crippen LogP contribution in [0, 0.1) is 0 Å². The van der Waals surface area contributed by atoms with Crippen molar-refractivity contribution in [1.29, 1.82) is 0 Å². The van der Waals surface area contributed by atoms with E-state index in [1.807, 2.05) is 66.7 Å². The van der Waals surface area contributed by atoms with E-state index in [2.05, 4.69) is 29.2 Å². The molecule has 34 heavy (non-hydrogen) atoms. The topological polar surface area (TPSA) is 47.0 Å². The molecule has 0 aliphatic rings. The Morgan fingerprint density at radius 1 is 0.676 bits per heavy atom. The van der Waals surface area contributed by atoms with Gasteiger partial charge in [-0.3, -0.25) is 4.57 Å². The molecule has 4 aromatic carbocycles. The van der Waals surface area contributed by atoms with Crippen molar-refractivity contribution in [1.82, 2.24) is 9.55 Å². The minimum atomic E-state index is -0.129. The van der Waals surface area contributed by atoms with Crippen LogP contribution in [0.4, 0.5) is 0 Å². The number of halogens is 2. The second-order valence-corrected chi connectivity index (χ2v) is 9.06. The number of nitrogens with zero attached hydrogens (tertiary/aromatic N) is 1. The van der Waals surface area contributed by atoms with Crippen molar-refractivity contribution in [3.05, 3.63) is 128 Å². The maximum atomic E-state index is 12.6. The molecule has 0 spiro atoms. The quantitative estimate of drug-likeness (QED) is 0.266. The number of benzene rings is 4. The second-order valence-electron chi connectivity index (χ2n) is 8.19. The van der Waals surface area contributed by atoms with Crippen molar-refractivity contribution >= 4 is 34.2 Å². The van der Waals surface area contributed by atoms with E-state index in [-0.39, 0.29) is 5.69 Å². The molecule has 1 heterocycles. The zero-order chi connectivity index (χ0) is 23.5. The molecule has 5 rings (SSSR count). The minimum Gasteiger partial charge on any atom is -0.372 e. The van der Waals surface area contributed by atoms with Crippen LogP contribution in [-0.2, 0) is 24.5 Å². The van der Waals surface area contributed by atoms with E-state index in [0.717, 1.165) is 43.9 Å². The van der Waals surface area contributed by atoms with E-state index < -0.39 is 0 Å². The summed E-state index contributed by atoms with van der Waals surface area (Å²) in [5, 5.41) is 1.40. The number of fused-ring (bicyclic) bond motifs is 1. The molecule has 0 amide bonds. The van der Waals surface area contributed by atoms with Crippen molar-refractivity contribution in [2.45, 2.75) is 19.8 Å². The number of hydrogen-bond acceptors (Lipinski definition) is 2. The largest absolute Gasteiger partial charge is 0.372 e. The zero-order valence-corrected chi connectivity index (χ0v) is 19.8. The van der Waals surface area contributed by atoms with Gasteiger partial charge >= 0.3 is 5.69 Å². The first kappa shape index (κ1) is 22.5. The van der Waals surface area contributed by atoms with Gasteiger partial charge in [0.2, 0.25) is 0 Å². The highest BCUT2D eigenvalue weighted by atomic mass is 35.5. The molecule has 170 valence electrons. The summed E-state index contributed by atoms with van der Waals surface area (Å²) in [5.74, 6) is 0. The van der Waals surface area contributed by atoms with E-state index in [4.69, 9.17) is 27.9 Å². The molecule has 1 N–H and O–H groups in total. The zero-order valence-electron chi connectivity index (χ0n) is 18.3. The van der Waals surface area contributed by atoms with Gasteiger partial charge in [-0.05, 0) is 64.2 Å². The van der Waals surface area contributed by atoms with Gasteiger partial charge in [-0.15, -0.1) is 0 Å². The van der Waals surface area contributed by atoms with Gasteiger partial charge in [0, 0.05) is 10.0 Å². The average Bonchev–Trinajstić information content (AvgIpc) is 3.16. The van der Waals surface area contributed by atoms with Gasteiger partial charge in [0.1, 0.15) is 0 Å². The highest BCUT2D eigenvalue weighted by Crippen LogP contribution is 2.24. The predicted octanol–water partition coefficient (Wildman–Crippen LogP) is 7.07. The fourth-order valence-corrected chi connectivity index (χ4v) is 4.19. The predicted molar refractivity (Wildman–Crippen MR) is 138 cm³/mol. The van der Waals surface area contributed by atoms with Crippen molar-refractivity contribution < 1.29 is 4.74 Å². The number of nitrogens with one attached hydrogen (secondary N) is 1. The number of H-pyrrole nitrogens is 1. The van der Waals surface area contributed by atoms with Gasteiger partial charge in [0.15, 0.2) is 0 Å². The van der Waals surface area contributed by atoms with Crippen LogP contribution in [0.5, 0.6) is 0 Å². The number of rotatable bonds is 7. The SMILES string of the molecule is O=c1[nH]c2cc(-c3ccc(COCc4ccc(Cl)cc4)cc3)ccc2n1Cc1ccc(Cl)cc1. The Morgan fingerprint density at radius 3 is 1.82 bits per heavy atom. The summed E-state index contributed by atoms with van der Waals surface area (Å²) in [6.45, 7) is 1.55. The molecule has 0 bridgehead atoms. The Morgan fingerprint density at radius 2 is 1.21 bits per heavy atom. The lowest BCUT2D eigenvalue weighted by atomic mass is 10.0. The summed E-state index contributed by atoms with van der Waals surface area (Å²) >= 11 is 11.9. The number of aromatic nitrogens is 2. The Kier molecular flexibility index (Phi) is 6.54. The molecule has 1 aromatic heterocycles. The Hall–Kier alpha value is -3.31. The molecule has 4 nitrogen and oxygen atoms in total. The number of aromatic amines is 1. The van der Waals surface area contributed by atoms with Gasteiger partial charge in [0.25, 0.3) is 0 Å². The maximum Gasteiger partial charge on any atom is 0.326 e. The van der Waals surface area contributed by atoms with Gasteiger partial charge in [-0.25, -0.2) is 4.79 Å². The van der Waals surface area contributed by atoms with Crippen LogP contribution in [-0.4, -0.2) is 9.55 Å². The molecule has 0 unspecified atom stereocenters. The Bertz CT molecular complexity index is 1470. The lowest BCUT2D eigenvalue weighted by molar-refractivity contribution is 0.107. The summed E-state index contributed by atoms with van der Waals surface area (Å²) in [6, 6.07) is 29.5. The summed E-state index contributed by atoms with van der Waals surface area (Å²) in [5.41, 5.74) is 6.88. The van der Waals surface area contributed by atoms with Crippen molar-refractivity contribution in [3.8, 4) is 11.1 Å². The molecule has 0 aliphatic carbocycles. The van der Waals surface area contributed by atoms with E-state index in [9.17, 15) is 4.79 Å². The fourth-order valence-electron chi connectivity index (χ4n) is 3.93. The summed E-state index contributed by atoms with van der Waals surface area (Å²) in [7, 11) is 0. The molecule has 0 radical (unpaired) electrons. The molecule has 6 heteroatoms. The summed E-state index contributed by atoms with van der Waals surface area (Å²) in [4.78, 5) is 15.6. The van der Waals surface area contributed by atoms with Crippen molar-refractivity contribution in [2.24, 2.45) is 0 Å². The normalized spacial score (nSPS) is 11.2. The van der Waals surface area contributed by atoms with Crippen molar-refractivity contribution in [3.63, 3.8) is 0 Å². The van der Waals surface area contributed by atoms with Crippen LogP contribution in [0.2, 0.25) is 10.0 Å². The van der Waals surface area contributed by atoms with Crippen LogP contribution < -0.4 is 5.69 Å². The molecule has 0 atom stereocenters. The maximum absolute atomic E-state index is 12.6. The van der Waals surface area contributed by atoms with Crippen LogP contribution in [0.3, 0.4) is 0 Å². The third-order valence-electron chi connectivity index (χ3n) is 5.77. The Labute approximate surface area is 207 Å². The van der Waals surface area contributed by atoms with E-state index in [1.54, 1.807) is 4.57 Å². The lowest BCUT2D eigenvalue weighted by Crippen LogP contribution is -2.17. The van der Waals surface area contributed by atoms with Crippen molar-refractivity contribution in [2.75, 3.05) is 0 Å². The molecular weight excluding hydrogens is 467 g/mol. The summed E-state index contributed by atoms with van der Waals surface area (Å²) in [6.07, 6.45) is 0. The van der Waals surface area contributed by atoms with E-state index >= 15 is 0 Å². The minimum absolute atomic E-state index is 0.129. The number of imidazole rings is 1. The monoisotopic (exact) mass is 488 g/mol. The van der Waals surface area contributed by atoms with Crippen LogP contribution in [0.1, 0.15) is 16.7 Å². The van der Waals surface area contributed by atoms with Crippen LogP contribution >= 0.6 is 23.2 Å². The molecule has 0 fully saturated rings. The molecule has 0 saturated carbocycles. The van der Waals surface area contributed by atoms with Gasteiger partial charge in [-0.1, -0.05) is 77.8 Å². The van der Waals surface area contributed by atoms with Crippen LogP contribution in [0.25, 0.3) is 22.2 Å². The smallest absolute Gasteiger partial charge is 0.326 e. The fraction of sp³-hybridized carbons (Fsp3) is 0.107. The molecule has 0 aliphatic heterocycles. The van der Waals surface area contributed by atoms with E-state index in [0.29, 0.717) is 24.8 Å². The third-order valence-corrected chi connectivity index (χ3v) is 6.27. The van der Waals surface area contributed by atoms with E-state index in [1.165, 1.54) is 0 Å². The first-order valence-corrected chi connectivity index (χ1v) is 11.7. The number of ether oxygens (including phenoxy) is 1. The first-order valence-electron chi connectivity index (χ1n) is 10.9.